The van der Waals surface area contributed by atoms with Crippen molar-refractivity contribution in [2.75, 3.05) is 20.3 Å². The van der Waals surface area contributed by atoms with Gasteiger partial charge in [0, 0.05) is 7.11 Å². The number of ether oxygens (including phenoxy) is 3. The third kappa shape index (κ3) is 5.49. The minimum absolute atomic E-state index is 0.332. The van der Waals surface area contributed by atoms with Crippen molar-refractivity contribution >= 4 is 11.9 Å². The molecule has 0 aromatic carbocycles. The lowest BCUT2D eigenvalue weighted by atomic mass is 9.99. The molecule has 0 N–H and O–H groups in total. The van der Waals surface area contributed by atoms with Crippen molar-refractivity contribution in [2.45, 2.75) is 46.1 Å². The Morgan fingerprint density at radius 2 is 1.44 bits per heavy atom. The zero-order valence-corrected chi connectivity index (χ0v) is 11.7. The fraction of sp³-hybridized carbons (Fsp3) is 0.846. The minimum Gasteiger partial charge on any atom is -0.465 e. The monoisotopic (exact) mass is 260 g/mol. The molecular formula is C13H24O5. The molecule has 0 aromatic heterocycles. The Bertz CT molecular complexity index is 226. The van der Waals surface area contributed by atoms with Crippen molar-refractivity contribution in [3.8, 4) is 0 Å². The lowest BCUT2D eigenvalue weighted by Crippen LogP contribution is -2.38. The number of rotatable bonds is 9. The molecule has 2 atom stereocenters. The average molecular weight is 260 g/mol. The Hall–Kier alpha value is -1.10. The van der Waals surface area contributed by atoms with Crippen LogP contribution in [0.2, 0.25) is 0 Å². The van der Waals surface area contributed by atoms with E-state index < -0.39 is 24.0 Å². The van der Waals surface area contributed by atoms with Crippen LogP contribution in [0.3, 0.4) is 0 Å². The first-order valence-corrected chi connectivity index (χ1v) is 6.48. The van der Waals surface area contributed by atoms with E-state index in [0.29, 0.717) is 19.6 Å². The van der Waals surface area contributed by atoms with E-state index >= 15 is 0 Å². The molecule has 0 aliphatic carbocycles. The van der Waals surface area contributed by atoms with Gasteiger partial charge in [0.05, 0.1) is 19.1 Å². The molecule has 0 aliphatic rings. The van der Waals surface area contributed by atoms with Gasteiger partial charge in [-0.25, -0.2) is 4.79 Å². The third-order valence-corrected chi connectivity index (χ3v) is 2.49. The van der Waals surface area contributed by atoms with Gasteiger partial charge < -0.3 is 14.2 Å². The topological polar surface area (TPSA) is 61.8 Å². The van der Waals surface area contributed by atoms with Crippen LogP contribution in [0, 0.1) is 5.92 Å². The van der Waals surface area contributed by atoms with Crippen molar-refractivity contribution in [1.82, 2.24) is 0 Å². The molecule has 0 amide bonds. The maximum absolute atomic E-state index is 11.8. The van der Waals surface area contributed by atoms with Gasteiger partial charge in [-0.05, 0) is 19.3 Å². The van der Waals surface area contributed by atoms with Crippen LogP contribution in [0.25, 0.3) is 0 Å². The fourth-order valence-electron chi connectivity index (χ4n) is 1.52. The predicted octanol–water partition coefficient (Wildman–Crippen LogP) is 1.93. The summed E-state index contributed by atoms with van der Waals surface area (Å²) in [6, 6.07) is 0. The highest BCUT2D eigenvalue weighted by molar-refractivity contribution is 5.83. The first kappa shape index (κ1) is 16.9. The Labute approximate surface area is 109 Å². The highest BCUT2D eigenvalue weighted by Gasteiger charge is 2.34. The highest BCUT2D eigenvalue weighted by Crippen LogP contribution is 2.16. The van der Waals surface area contributed by atoms with E-state index in [1.165, 1.54) is 7.11 Å². The molecule has 0 aromatic rings. The molecule has 2 unspecified atom stereocenters. The molecule has 5 heteroatoms. The maximum Gasteiger partial charge on any atom is 0.336 e. The number of esters is 2. The number of methoxy groups -OCH3 is 1. The minimum atomic E-state index is -0.883. The Morgan fingerprint density at radius 1 is 0.944 bits per heavy atom. The molecule has 0 saturated carbocycles. The maximum atomic E-state index is 11.8. The van der Waals surface area contributed by atoms with Gasteiger partial charge >= 0.3 is 11.9 Å². The van der Waals surface area contributed by atoms with Crippen molar-refractivity contribution in [1.29, 1.82) is 0 Å². The van der Waals surface area contributed by atoms with E-state index in [1.54, 1.807) is 0 Å². The van der Waals surface area contributed by atoms with Crippen LogP contribution in [-0.4, -0.2) is 38.4 Å². The summed E-state index contributed by atoms with van der Waals surface area (Å²) in [6.07, 6.45) is 1.08. The second-order valence-electron chi connectivity index (χ2n) is 4.01. The lowest BCUT2D eigenvalue weighted by Gasteiger charge is -2.21. The van der Waals surface area contributed by atoms with Gasteiger partial charge in [0.1, 0.15) is 0 Å². The number of hydrogen-bond acceptors (Lipinski definition) is 5. The molecule has 0 aliphatic heterocycles. The highest BCUT2D eigenvalue weighted by atomic mass is 16.6. The third-order valence-electron chi connectivity index (χ3n) is 2.49. The second-order valence-corrected chi connectivity index (χ2v) is 4.01. The smallest absolute Gasteiger partial charge is 0.336 e. The normalized spacial score (nSPS) is 13.8. The molecular weight excluding hydrogens is 236 g/mol. The van der Waals surface area contributed by atoms with Crippen molar-refractivity contribution in [2.24, 2.45) is 5.92 Å². The SMILES string of the molecule is CCCOC(=O)C(CC)C(OC)C(=O)OCCC. The van der Waals surface area contributed by atoms with Crippen LogP contribution in [0.1, 0.15) is 40.0 Å². The van der Waals surface area contributed by atoms with E-state index in [-0.39, 0.29) is 0 Å². The molecule has 0 heterocycles. The standard InChI is InChI=1S/C13H24O5/c1-5-8-17-12(14)10(7-3)11(16-4)13(15)18-9-6-2/h10-11H,5-9H2,1-4H3. The average Bonchev–Trinajstić information content (AvgIpc) is 2.39. The van der Waals surface area contributed by atoms with E-state index in [2.05, 4.69) is 0 Å². The molecule has 0 spiro atoms. The van der Waals surface area contributed by atoms with E-state index in [9.17, 15) is 9.59 Å². The quantitative estimate of drug-likeness (QED) is 0.593. The molecule has 0 rings (SSSR count). The molecule has 0 saturated heterocycles. The fourth-order valence-corrected chi connectivity index (χ4v) is 1.52. The summed E-state index contributed by atoms with van der Waals surface area (Å²) in [5.74, 6) is -1.51. The summed E-state index contributed by atoms with van der Waals surface area (Å²) in [5.41, 5.74) is 0. The summed E-state index contributed by atoms with van der Waals surface area (Å²) in [5, 5.41) is 0. The van der Waals surface area contributed by atoms with Gasteiger partial charge in [-0.2, -0.15) is 0 Å². The molecule has 5 nitrogen and oxygen atoms in total. The van der Waals surface area contributed by atoms with Gasteiger partial charge in [-0.3, -0.25) is 4.79 Å². The zero-order valence-electron chi connectivity index (χ0n) is 11.7. The Morgan fingerprint density at radius 3 is 1.83 bits per heavy atom. The molecule has 0 radical (unpaired) electrons. The summed E-state index contributed by atoms with van der Waals surface area (Å²) in [4.78, 5) is 23.6. The predicted molar refractivity (Wildman–Crippen MR) is 67.1 cm³/mol. The summed E-state index contributed by atoms with van der Waals surface area (Å²) in [7, 11) is 1.40. The van der Waals surface area contributed by atoms with Gasteiger partial charge in [0.15, 0.2) is 6.10 Å². The lowest BCUT2D eigenvalue weighted by molar-refractivity contribution is -0.169. The van der Waals surface area contributed by atoms with Crippen LogP contribution < -0.4 is 0 Å². The number of carbonyl (C=O) groups is 2. The molecule has 106 valence electrons. The largest absolute Gasteiger partial charge is 0.465 e. The first-order chi connectivity index (χ1) is 8.62. The van der Waals surface area contributed by atoms with Gasteiger partial charge in [0.2, 0.25) is 0 Å². The second kappa shape index (κ2) is 9.88. The van der Waals surface area contributed by atoms with Crippen molar-refractivity contribution in [3.05, 3.63) is 0 Å². The van der Waals surface area contributed by atoms with Gasteiger partial charge in [0.25, 0.3) is 0 Å². The number of carbonyl (C=O) groups excluding carboxylic acids is 2. The van der Waals surface area contributed by atoms with Crippen LogP contribution in [0.15, 0.2) is 0 Å². The molecule has 18 heavy (non-hydrogen) atoms. The van der Waals surface area contributed by atoms with Crippen LogP contribution in [0.5, 0.6) is 0 Å². The summed E-state index contributed by atoms with van der Waals surface area (Å²) >= 11 is 0. The van der Waals surface area contributed by atoms with E-state index in [4.69, 9.17) is 14.2 Å². The Kier molecular flexibility index (Phi) is 9.28. The van der Waals surface area contributed by atoms with Crippen molar-refractivity contribution < 1.29 is 23.8 Å². The summed E-state index contributed by atoms with van der Waals surface area (Å²) < 4.78 is 15.2. The van der Waals surface area contributed by atoms with Gasteiger partial charge in [-0.15, -0.1) is 0 Å². The van der Waals surface area contributed by atoms with Crippen molar-refractivity contribution in [3.63, 3.8) is 0 Å². The van der Waals surface area contributed by atoms with E-state index in [0.717, 1.165) is 12.8 Å². The van der Waals surface area contributed by atoms with Crippen LogP contribution in [-0.2, 0) is 23.8 Å². The number of hydrogen-bond donors (Lipinski definition) is 0. The van der Waals surface area contributed by atoms with Crippen LogP contribution in [0.4, 0.5) is 0 Å². The summed E-state index contributed by atoms with van der Waals surface area (Å²) in [6.45, 7) is 6.32. The molecule has 0 bridgehead atoms. The van der Waals surface area contributed by atoms with Crippen LogP contribution >= 0.6 is 0 Å². The van der Waals surface area contributed by atoms with Gasteiger partial charge in [-0.1, -0.05) is 20.8 Å². The van der Waals surface area contributed by atoms with E-state index in [1.807, 2.05) is 20.8 Å². The first-order valence-electron chi connectivity index (χ1n) is 6.48. The Balaban J connectivity index is 4.55. The molecule has 0 fully saturated rings. The zero-order chi connectivity index (χ0) is 14.0.